The minimum Gasteiger partial charge on any atom is -0.507 e. The third-order valence-electron chi connectivity index (χ3n) is 5.76. The molecule has 4 aromatic rings. The first-order valence-electron chi connectivity index (χ1n) is 10.2. The van der Waals surface area contributed by atoms with Gasteiger partial charge in [0.05, 0.1) is 10.9 Å². The third-order valence-corrected chi connectivity index (χ3v) is 6.00. The number of hydrogen-bond acceptors (Lipinski definition) is 5. The molecule has 0 radical (unpaired) electrons. The van der Waals surface area contributed by atoms with Crippen LogP contribution in [0.5, 0.6) is 5.75 Å². The van der Waals surface area contributed by atoms with Crippen LogP contribution in [-0.4, -0.2) is 41.3 Å². The summed E-state index contributed by atoms with van der Waals surface area (Å²) in [6.45, 7) is 4.00. The SMILES string of the molecule is Oc1ccc2c(-c3ccc(F)cc3)noc2c1CN1CCN(c2cccc(Cl)c2)CC1. The van der Waals surface area contributed by atoms with Crippen molar-refractivity contribution in [1.82, 2.24) is 10.1 Å². The van der Waals surface area contributed by atoms with E-state index in [1.165, 1.54) is 12.1 Å². The molecule has 1 saturated heterocycles. The molecule has 1 fully saturated rings. The number of aromatic nitrogens is 1. The fourth-order valence-corrected chi connectivity index (χ4v) is 4.26. The summed E-state index contributed by atoms with van der Waals surface area (Å²) in [7, 11) is 0. The van der Waals surface area contributed by atoms with Gasteiger partial charge in [-0.1, -0.05) is 22.8 Å². The molecule has 1 aliphatic rings. The normalized spacial score (nSPS) is 15.0. The van der Waals surface area contributed by atoms with E-state index in [9.17, 15) is 9.50 Å². The molecule has 7 heteroatoms. The van der Waals surface area contributed by atoms with Crippen LogP contribution in [0.25, 0.3) is 22.2 Å². The number of phenolic OH excluding ortho intramolecular Hbond substituents is 1. The molecule has 0 bridgehead atoms. The van der Waals surface area contributed by atoms with Gasteiger partial charge in [-0.25, -0.2) is 4.39 Å². The van der Waals surface area contributed by atoms with Gasteiger partial charge in [0.15, 0.2) is 5.58 Å². The molecule has 1 aromatic heterocycles. The van der Waals surface area contributed by atoms with E-state index < -0.39 is 0 Å². The highest BCUT2D eigenvalue weighted by Gasteiger charge is 2.22. The number of fused-ring (bicyclic) bond motifs is 1. The molecule has 1 aliphatic heterocycles. The van der Waals surface area contributed by atoms with Gasteiger partial charge in [0.2, 0.25) is 0 Å². The number of halogens is 2. The summed E-state index contributed by atoms with van der Waals surface area (Å²) in [4.78, 5) is 4.60. The fourth-order valence-electron chi connectivity index (χ4n) is 4.08. The van der Waals surface area contributed by atoms with Crippen molar-refractivity contribution in [3.05, 3.63) is 77.1 Å². The van der Waals surface area contributed by atoms with Crippen LogP contribution in [0.15, 0.2) is 65.2 Å². The Balaban J connectivity index is 1.36. The summed E-state index contributed by atoms with van der Waals surface area (Å²) < 4.78 is 18.9. The van der Waals surface area contributed by atoms with Gasteiger partial charge >= 0.3 is 0 Å². The Kier molecular flexibility index (Phi) is 5.26. The van der Waals surface area contributed by atoms with Crippen LogP contribution in [0.4, 0.5) is 10.1 Å². The molecular formula is C24H21ClFN3O2. The van der Waals surface area contributed by atoms with E-state index in [2.05, 4.69) is 21.0 Å². The lowest BCUT2D eigenvalue weighted by molar-refractivity contribution is 0.246. The number of aromatic hydroxyl groups is 1. The van der Waals surface area contributed by atoms with E-state index in [0.29, 0.717) is 17.8 Å². The van der Waals surface area contributed by atoms with Gasteiger partial charge in [0.25, 0.3) is 0 Å². The topological polar surface area (TPSA) is 52.7 Å². The lowest BCUT2D eigenvalue weighted by Gasteiger charge is -2.36. The Morgan fingerprint density at radius 3 is 2.52 bits per heavy atom. The number of nitrogens with zero attached hydrogens (tertiary/aromatic N) is 3. The predicted octanol–water partition coefficient (Wildman–Crippen LogP) is 5.32. The Morgan fingerprint density at radius 2 is 1.77 bits per heavy atom. The zero-order valence-corrected chi connectivity index (χ0v) is 17.5. The maximum atomic E-state index is 13.3. The maximum absolute atomic E-state index is 13.3. The Bertz CT molecular complexity index is 1220. The van der Waals surface area contributed by atoms with Crippen molar-refractivity contribution in [3.8, 4) is 17.0 Å². The second kappa shape index (κ2) is 8.21. The number of piperazine rings is 1. The fraction of sp³-hybridized carbons (Fsp3) is 0.208. The van der Waals surface area contributed by atoms with Gasteiger partial charge in [-0.3, -0.25) is 4.90 Å². The molecule has 0 unspecified atom stereocenters. The van der Waals surface area contributed by atoms with Crippen LogP contribution in [0.2, 0.25) is 5.02 Å². The molecule has 5 rings (SSSR count). The Labute approximate surface area is 184 Å². The van der Waals surface area contributed by atoms with Crippen molar-refractivity contribution in [1.29, 1.82) is 0 Å². The first-order chi connectivity index (χ1) is 15.1. The molecule has 3 aromatic carbocycles. The standard InChI is InChI=1S/C24H21ClFN3O2/c25-17-2-1-3-19(14-17)29-12-10-28(11-13-29)15-21-22(30)9-8-20-23(27-31-24(20)21)16-4-6-18(26)7-5-16/h1-9,14,30H,10-13,15H2. The highest BCUT2D eigenvalue weighted by molar-refractivity contribution is 6.30. The number of benzene rings is 3. The summed E-state index contributed by atoms with van der Waals surface area (Å²) in [6, 6.07) is 17.5. The van der Waals surface area contributed by atoms with Gasteiger partial charge in [0, 0.05) is 49.0 Å². The number of anilines is 1. The van der Waals surface area contributed by atoms with Crippen molar-refractivity contribution < 1.29 is 14.0 Å². The van der Waals surface area contributed by atoms with Crippen molar-refractivity contribution in [3.63, 3.8) is 0 Å². The molecular weight excluding hydrogens is 417 g/mol. The van der Waals surface area contributed by atoms with E-state index in [0.717, 1.165) is 53.4 Å². The molecule has 2 heterocycles. The Morgan fingerprint density at radius 1 is 1.00 bits per heavy atom. The zero-order valence-electron chi connectivity index (χ0n) is 16.8. The van der Waals surface area contributed by atoms with Gasteiger partial charge in [-0.2, -0.15) is 0 Å². The van der Waals surface area contributed by atoms with Crippen LogP contribution in [0.3, 0.4) is 0 Å². The van der Waals surface area contributed by atoms with Crippen molar-refractivity contribution in [2.45, 2.75) is 6.54 Å². The summed E-state index contributed by atoms with van der Waals surface area (Å²) in [5.74, 6) is -0.113. The first kappa shape index (κ1) is 19.8. The summed E-state index contributed by atoms with van der Waals surface area (Å²) >= 11 is 6.13. The van der Waals surface area contributed by atoms with Crippen molar-refractivity contribution in [2.24, 2.45) is 0 Å². The molecule has 0 spiro atoms. The molecule has 5 nitrogen and oxygen atoms in total. The molecule has 0 aliphatic carbocycles. The summed E-state index contributed by atoms with van der Waals surface area (Å²) in [5.41, 5.74) is 3.82. The quantitative estimate of drug-likeness (QED) is 0.468. The summed E-state index contributed by atoms with van der Waals surface area (Å²) in [6.07, 6.45) is 0. The van der Waals surface area contributed by atoms with Crippen molar-refractivity contribution in [2.75, 3.05) is 31.1 Å². The molecule has 0 saturated carbocycles. The largest absolute Gasteiger partial charge is 0.507 e. The van der Waals surface area contributed by atoms with E-state index in [1.54, 1.807) is 24.3 Å². The second-order valence-electron chi connectivity index (χ2n) is 7.72. The average molecular weight is 438 g/mol. The highest BCUT2D eigenvalue weighted by atomic mass is 35.5. The molecule has 0 amide bonds. The smallest absolute Gasteiger partial charge is 0.175 e. The van der Waals surface area contributed by atoms with E-state index >= 15 is 0 Å². The number of rotatable bonds is 4. The molecule has 158 valence electrons. The van der Waals surface area contributed by atoms with Crippen LogP contribution in [-0.2, 0) is 6.54 Å². The third kappa shape index (κ3) is 3.96. The van der Waals surface area contributed by atoms with E-state index in [-0.39, 0.29) is 11.6 Å². The number of hydrogen-bond donors (Lipinski definition) is 1. The minimum absolute atomic E-state index is 0.187. The van der Waals surface area contributed by atoms with Crippen LogP contribution in [0.1, 0.15) is 5.56 Å². The minimum atomic E-state index is -0.299. The van der Waals surface area contributed by atoms with Crippen LogP contribution >= 0.6 is 11.6 Å². The average Bonchev–Trinajstić information content (AvgIpc) is 3.21. The van der Waals surface area contributed by atoms with Crippen molar-refractivity contribution >= 4 is 28.3 Å². The molecule has 31 heavy (non-hydrogen) atoms. The predicted molar refractivity (Wildman–Crippen MR) is 120 cm³/mol. The zero-order chi connectivity index (χ0) is 21.4. The highest BCUT2D eigenvalue weighted by Crippen LogP contribution is 2.35. The monoisotopic (exact) mass is 437 g/mol. The van der Waals surface area contributed by atoms with Crippen LogP contribution < -0.4 is 4.90 Å². The molecule has 1 N–H and O–H groups in total. The van der Waals surface area contributed by atoms with Crippen LogP contribution in [0, 0.1) is 5.82 Å². The lowest BCUT2D eigenvalue weighted by atomic mass is 10.0. The van der Waals surface area contributed by atoms with E-state index in [1.807, 2.05) is 18.2 Å². The van der Waals surface area contributed by atoms with Gasteiger partial charge in [0.1, 0.15) is 17.3 Å². The summed E-state index contributed by atoms with van der Waals surface area (Å²) in [5, 5.41) is 16.3. The second-order valence-corrected chi connectivity index (χ2v) is 8.16. The van der Waals surface area contributed by atoms with Gasteiger partial charge in [-0.15, -0.1) is 0 Å². The first-order valence-corrected chi connectivity index (χ1v) is 10.6. The van der Waals surface area contributed by atoms with Gasteiger partial charge in [-0.05, 0) is 54.6 Å². The Hall–Kier alpha value is -3.09. The lowest BCUT2D eigenvalue weighted by Crippen LogP contribution is -2.46. The molecule has 0 atom stereocenters. The van der Waals surface area contributed by atoms with E-state index in [4.69, 9.17) is 16.1 Å². The maximum Gasteiger partial charge on any atom is 0.175 e. The number of phenols is 1. The van der Waals surface area contributed by atoms with Gasteiger partial charge < -0.3 is 14.5 Å².